The monoisotopic (exact) mass is 286 g/mol. The minimum atomic E-state index is 0.696. The third kappa shape index (κ3) is 4.31. The van der Waals surface area contributed by atoms with Gasteiger partial charge >= 0.3 is 0 Å². The summed E-state index contributed by atoms with van der Waals surface area (Å²) in [6, 6.07) is 5.77. The van der Waals surface area contributed by atoms with Gasteiger partial charge in [-0.05, 0) is 44.5 Å². The molecule has 2 heterocycles. The van der Waals surface area contributed by atoms with Crippen LogP contribution in [-0.2, 0) is 11.2 Å². The van der Waals surface area contributed by atoms with Gasteiger partial charge in [0.15, 0.2) is 5.82 Å². The molecule has 2 aromatic heterocycles. The van der Waals surface area contributed by atoms with Gasteiger partial charge in [-0.15, -0.1) is 0 Å². The Balaban J connectivity index is 2.07. The van der Waals surface area contributed by atoms with Crippen LogP contribution in [-0.4, -0.2) is 41.8 Å². The molecular formula is C16H22N4O. The summed E-state index contributed by atoms with van der Waals surface area (Å²) >= 11 is 0. The Kier molecular flexibility index (Phi) is 5.78. The molecule has 1 N–H and O–H groups in total. The highest BCUT2D eigenvalue weighted by Gasteiger charge is 2.10. The third-order valence-corrected chi connectivity index (χ3v) is 3.35. The highest BCUT2D eigenvalue weighted by molar-refractivity contribution is 5.49. The number of ether oxygens (including phenoxy) is 1. The van der Waals surface area contributed by atoms with Crippen molar-refractivity contribution < 1.29 is 4.74 Å². The predicted octanol–water partition coefficient (Wildman–Crippen LogP) is 1.93. The Morgan fingerprint density at radius 1 is 1.10 bits per heavy atom. The highest BCUT2D eigenvalue weighted by Crippen LogP contribution is 2.17. The molecule has 112 valence electrons. The minimum absolute atomic E-state index is 0.696. The Hall–Kier alpha value is -1.85. The van der Waals surface area contributed by atoms with Crippen LogP contribution < -0.4 is 5.32 Å². The van der Waals surface area contributed by atoms with E-state index < -0.39 is 0 Å². The van der Waals surface area contributed by atoms with Crippen LogP contribution in [0.1, 0.15) is 17.0 Å². The summed E-state index contributed by atoms with van der Waals surface area (Å²) in [5.41, 5.74) is 4.07. The number of hydrogen-bond acceptors (Lipinski definition) is 5. The van der Waals surface area contributed by atoms with Crippen molar-refractivity contribution in [2.75, 3.05) is 26.8 Å². The molecule has 0 aliphatic heterocycles. The number of nitrogens with one attached hydrogen (secondary N) is 1. The molecule has 0 spiro atoms. The van der Waals surface area contributed by atoms with Gasteiger partial charge in [-0.25, -0.2) is 9.97 Å². The quantitative estimate of drug-likeness (QED) is 0.788. The van der Waals surface area contributed by atoms with Crippen molar-refractivity contribution in [3.63, 3.8) is 0 Å². The van der Waals surface area contributed by atoms with Crippen LogP contribution in [0.15, 0.2) is 24.4 Å². The number of pyridine rings is 1. The van der Waals surface area contributed by atoms with Gasteiger partial charge in [0.1, 0.15) is 5.69 Å². The summed E-state index contributed by atoms with van der Waals surface area (Å²) in [6.07, 6.45) is 2.68. The molecule has 5 nitrogen and oxygen atoms in total. The van der Waals surface area contributed by atoms with Crippen molar-refractivity contribution in [2.45, 2.75) is 20.3 Å². The van der Waals surface area contributed by atoms with Crippen molar-refractivity contribution in [3.05, 3.63) is 41.3 Å². The molecule has 0 amide bonds. The second-order valence-electron chi connectivity index (χ2n) is 4.90. The first kappa shape index (κ1) is 15.5. The van der Waals surface area contributed by atoms with E-state index in [0.717, 1.165) is 43.2 Å². The number of aromatic nitrogens is 3. The van der Waals surface area contributed by atoms with Crippen molar-refractivity contribution in [1.29, 1.82) is 0 Å². The third-order valence-electron chi connectivity index (χ3n) is 3.35. The largest absolute Gasteiger partial charge is 0.383 e. The van der Waals surface area contributed by atoms with Crippen molar-refractivity contribution in [3.8, 4) is 11.5 Å². The lowest BCUT2D eigenvalue weighted by Crippen LogP contribution is -2.22. The first-order valence-electron chi connectivity index (χ1n) is 7.17. The van der Waals surface area contributed by atoms with Crippen LogP contribution in [0.5, 0.6) is 0 Å². The lowest BCUT2D eigenvalue weighted by Gasteiger charge is -2.11. The lowest BCUT2D eigenvalue weighted by atomic mass is 10.1. The molecule has 0 aromatic carbocycles. The van der Waals surface area contributed by atoms with Crippen LogP contribution in [0.3, 0.4) is 0 Å². The zero-order chi connectivity index (χ0) is 15.1. The molecule has 0 fully saturated rings. The standard InChI is InChI=1S/C16H22N4O/c1-12-14(7-9-17-10-11-21-3)13(2)20-16(19-12)15-6-4-5-8-18-15/h4-6,8,17H,7,9-11H2,1-3H3. The van der Waals surface area contributed by atoms with E-state index >= 15 is 0 Å². The van der Waals surface area contributed by atoms with Crippen LogP contribution in [0.2, 0.25) is 0 Å². The van der Waals surface area contributed by atoms with Crippen LogP contribution >= 0.6 is 0 Å². The van der Waals surface area contributed by atoms with Crippen LogP contribution in [0.25, 0.3) is 11.5 Å². The molecule has 5 heteroatoms. The average molecular weight is 286 g/mol. The summed E-state index contributed by atoms with van der Waals surface area (Å²) in [4.78, 5) is 13.5. The van der Waals surface area contributed by atoms with Gasteiger partial charge in [0.2, 0.25) is 0 Å². The van der Waals surface area contributed by atoms with Gasteiger partial charge in [-0.3, -0.25) is 4.98 Å². The summed E-state index contributed by atoms with van der Waals surface area (Å²) in [5.74, 6) is 0.696. The zero-order valence-corrected chi connectivity index (χ0v) is 12.9. The van der Waals surface area contributed by atoms with Crippen molar-refractivity contribution in [1.82, 2.24) is 20.3 Å². The van der Waals surface area contributed by atoms with Gasteiger partial charge in [0.05, 0.1) is 6.61 Å². The number of hydrogen-bond donors (Lipinski definition) is 1. The van der Waals surface area contributed by atoms with E-state index in [4.69, 9.17) is 4.74 Å². The maximum Gasteiger partial charge on any atom is 0.178 e. The fourth-order valence-corrected chi connectivity index (χ4v) is 2.22. The second kappa shape index (κ2) is 7.81. The van der Waals surface area contributed by atoms with Crippen LogP contribution in [0, 0.1) is 13.8 Å². The summed E-state index contributed by atoms with van der Waals surface area (Å²) in [6.45, 7) is 6.56. The maximum atomic E-state index is 5.01. The van der Waals surface area contributed by atoms with Gasteiger partial charge in [0.25, 0.3) is 0 Å². The smallest absolute Gasteiger partial charge is 0.178 e. The Morgan fingerprint density at radius 2 is 1.86 bits per heavy atom. The SMILES string of the molecule is COCCNCCc1c(C)nc(-c2ccccn2)nc1C. The fourth-order valence-electron chi connectivity index (χ4n) is 2.22. The maximum absolute atomic E-state index is 5.01. The summed E-state index contributed by atoms with van der Waals surface area (Å²) in [5, 5.41) is 3.34. The molecule has 21 heavy (non-hydrogen) atoms. The molecule has 0 saturated carbocycles. The minimum Gasteiger partial charge on any atom is -0.383 e. The zero-order valence-electron chi connectivity index (χ0n) is 12.9. The predicted molar refractivity (Wildman–Crippen MR) is 83.2 cm³/mol. The summed E-state index contributed by atoms with van der Waals surface area (Å²) < 4.78 is 5.01. The van der Waals surface area contributed by atoms with E-state index in [0.29, 0.717) is 5.82 Å². The molecule has 0 saturated heterocycles. The number of rotatable bonds is 7. The number of methoxy groups -OCH3 is 1. The molecule has 2 rings (SSSR count). The van der Waals surface area contributed by atoms with Gasteiger partial charge < -0.3 is 10.1 Å². The second-order valence-corrected chi connectivity index (χ2v) is 4.90. The van der Waals surface area contributed by atoms with Crippen molar-refractivity contribution >= 4 is 0 Å². The van der Waals surface area contributed by atoms with E-state index in [9.17, 15) is 0 Å². The first-order valence-corrected chi connectivity index (χ1v) is 7.17. The Labute approximate surface area is 125 Å². The van der Waals surface area contributed by atoms with E-state index in [1.807, 2.05) is 32.0 Å². The number of aryl methyl sites for hydroxylation is 2. The molecule has 0 bridgehead atoms. The Morgan fingerprint density at radius 3 is 2.48 bits per heavy atom. The van der Waals surface area contributed by atoms with E-state index in [2.05, 4.69) is 20.3 Å². The molecule has 0 unspecified atom stereocenters. The molecular weight excluding hydrogens is 264 g/mol. The van der Waals surface area contributed by atoms with Crippen molar-refractivity contribution in [2.24, 2.45) is 0 Å². The van der Waals surface area contributed by atoms with Gasteiger partial charge in [-0.2, -0.15) is 0 Å². The molecule has 0 aliphatic carbocycles. The molecule has 0 radical (unpaired) electrons. The van der Waals surface area contributed by atoms with E-state index in [-0.39, 0.29) is 0 Å². The van der Waals surface area contributed by atoms with E-state index in [1.54, 1.807) is 13.3 Å². The van der Waals surface area contributed by atoms with Crippen LogP contribution in [0.4, 0.5) is 0 Å². The summed E-state index contributed by atoms with van der Waals surface area (Å²) in [7, 11) is 1.71. The topological polar surface area (TPSA) is 59.9 Å². The molecule has 0 atom stereocenters. The molecule has 2 aromatic rings. The molecule has 0 aliphatic rings. The average Bonchev–Trinajstić information content (AvgIpc) is 2.50. The highest BCUT2D eigenvalue weighted by atomic mass is 16.5. The first-order chi connectivity index (χ1) is 10.2. The van der Waals surface area contributed by atoms with Gasteiger partial charge in [-0.1, -0.05) is 6.07 Å². The normalized spacial score (nSPS) is 10.8. The van der Waals surface area contributed by atoms with E-state index in [1.165, 1.54) is 5.56 Å². The van der Waals surface area contributed by atoms with Gasteiger partial charge in [0, 0.05) is 31.2 Å². The lowest BCUT2D eigenvalue weighted by molar-refractivity contribution is 0.199. The fraction of sp³-hybridized carbons (Fsp3) is 0.438. The number of nitrogens with zero attached hydrogens (tertiary/aromatic N) is 3. The Bertz CT molecular complexity index is 549.